The van der Waals surface area contributed by atoms with E-state index in [9.17, 15) is 28.8 Å². The van der Waals surface area contributed by atoms with E-state index >= 15 is 0 Å². The first-order chi connectivity index (χ1) is 23.1. The summed E-state index contributed by atoms with van der Waals surface area (Å²) < 4.78 is 36.8. The van der Waals surface area contributed by atoms with Crippen LogP contribution in [0.2, 0.25) is 0 Å². The van der Waals surface area contributed by atoms with Crippen LogP contribution in [0.4, 0.5) is 0 Å². The number of hydrogen-bond acceptors (Lipinski definition) is 13. The summed E-state index contributed by atoms with van der Waals surface area (Å²) in [5, 5.41) is 0. The zero-order valence-corrected chi connectivity index (χ0v) is 30.4. The van der Waals surface area contributed by atoms with Crippen LogP contribution >= 0.6 is 0 Å². The number of rotatable bonds is 22. The minimum absolute atomic E-state index is 0.0669. The second kappa shape index (κ2) is 21.2. The average Bonchev–Trinajstić information content (AvgIpc) is 3.08. The highest BCUT2D eigenvalue weighted by Crippen LogP contribution is 2.33. The molecular weight excluding hydrogens is 640 g/mol. The van der Waals surface area contributed by atoms with Gasteiger partial charge in [0, 0.05) is 0 Å². The lowest BCUT2D eigenvalue weighted by molar-refractivity contribution is -0.172. The number of ether oxygens (including phenoxy) is 7. The standard InChI is InChI=1S/C36H54O13/c1-10-24(4)29(37)45-19-20-47-32(40)28(12-3)36(7,8)34(42)49-22-21-48-33(41)35(5,6)25(11-2)23-44-17-18-46-31(39)27-16-14-13-15-26(27)30(38)43-9/h13-16,24-25,28H,10-12,17-23H2,1-9H3. The Kier molecular flexibility index (Phi) is 18.6. The van der Waals surface area contributed by atoms with Crippen LogP contribution in [0.5, 0.6) is 0 Å². The molecule has 0 aliphatic rings. The van der Waals surface area contributed by atoms with Crippen molar-refractivity contribution in [1.29, 1.82) is 0 Å². The molecule has 276 valence electrons. The lowest BCUT2D eigenvalue weighted by Crippen LogP contribution is -2.41. The van der Waals surface area contributed by atoms with Crippen molar-refractivity contribution in [1.82, 2.24) is 0 Å². The molecule has 1 aromatic carbocycles. The minimum atomic E-state index is -1.23. The molecule has 0 fully saturated rings. The van der Waals surface area contributed by atoms with Crippen LogP contribution in [0, 0.1) is 28.6 Å². The normalized spacial score (nSPS) is 13.3. The molecule has 3 unspecified atom stereocenters. The van der Waals surface area contributed by atoms with Crippen molar-refractivity contribution < 1.29 is 61.9 Å². The molecule has 0 bridgehead atoms. The maximum absolute atomic E-state index is 13.0. The van der Waals surface area contributed by atoms with Gasteiger partial charge in [-0.25, -0.2) is 9.59 Å². The first kappa shape index (κ1) is 43.0. The summed E-state index contributed by atoms with van der Waals surface area (Å²) in [6.07, 6.45) is 1.54. The summed E-state index contributed by atoms with van der Waals surface area (Å²) in [6.45, 7) is 13.5. The lowest BCUT2D eigenvalue weighted by Gasteiger charge is -2.31. The van der Waals surface area contributed by atoms with Crippen LogP contribution < -0.4 is 0 Å². The van der Waals surface area contributed by atoms with Gasteiger partial charge in [-0.1, -0.05) is 46.2 Å². The van der Waals surface area contributed by atoms with Gasteiger partial charge < -0.3 is 33.2 Å². The third-order valence-corrected chi connectivity index (χ3v) is 8.60. The Morgan fingerprint density at radius 2 is 1.10 bits per heavy atom. The van der Waals surface area contributed by atoms with E-state index in [4.69, 9.17) is 33.2 Å². The summed E-state index contributed by atoms with van der Waals surface area (Å²) in [4.78, 5) is 74.9. The molecule has 0 radical (unpaired) electrons. The fourth-order valence-electron chi connectivity index (χ4n) is 4.90. The van der Waals surface area contributed by atoms with Crippen LogP contribution in [0.1, 0.15) is 95.4 Å². The number of methoxy groups -OCH3 is 1. The molecule has 0 N–H and O–H groups in total. The first-order valence-corrected chi connectivity index (χ1v) is 16.7. The number of esters is 6. The van der Waals surface area contributed by atoms with Crippen LogP contribution in [0.15, 0.2) is 24.3 Å². The summed E-state index contributed by atoms with van der Waals surface area (Å²) in [7, 11) is 1.22. The molecule has 3 atom stereocenters. The molecule has 0 amide bonds. The Labute approximate surface area is 289 Å². The largest absolute Gasteiger partial charge is 0.465 e. The van der Waals surface area contributed by atoms with Gasteiger partial charge in [-0.2, -0.15) is 0 Å². The number of carbonyl (C=O) groups is 6. The van der Waals surface area contributed by atoms with Gasteiger partial charge in [-0.3, -0.25) is 19.2 Å². The molecule has 13 heteroatoms. The highest BCUT2D eigenvalue weighted by Gasteiger charge is 2.43. The monoisotopic (exact) mass is 694 g/mol. The average molecular weight is 695 g/mol. The van der Waals surface area contributed by atoms with Gasteiger partial charge in [0.25, 0.3) is 0 Å². The predicted octanol–water partition coefficient (Wildman–Crippen LogP) is 4.97. The lowest BCUT2D eigenvalue weighted by atomic mass is 9.77. The molecule has 49 heavy (non-hydrogen) atoms. The highest BCUT2D eigenvalue weighted by molar-refractivity contribution is 6.03. The molecule has 0 aliphatic carbocycles. The SMILES string of the molecule is CCC(C)C(=O)OCCOC(=O)C(CC)C(C)(C)C(=O)OCCOC(=O)C(C)(C)C(CC)COCCOC(=O)c1ccccc1C(=O)OC. The third-order valence-electron chi connectivity index (χ3n) is 8.60. The van der Waals surface area contributed by atoms with Crippen molar-refractivity contribution in [2.24, 2.45) is 28.6 Å². The van der Waals surface area contributed by atoms with Crippen LogP contribution in [-0.2, 0) is 52.3 Å². The van der Waals surface area contributed by atoms with Gasteiger partial charge >= 0.3 is 35.8 Å². The first-order valence-electron chi connectivity index (χ1n) is 16.7. The summed E-state index contributed by atoms with van der Waals surface area (Å²) >= 11 is 0. The van der Waals surface area contributed by atoms with Crippen LogP contribution in [-0.4, -0.2) is 89.2 Å². The van der Waals surface area contributed by atoms with Crippen molar-refractivity contribution in [3.8, 4) is 0 Å². The molecule has 0 spiro atoms. The van der Waals surface area contributed by atoms with Crippen molar-refractivity contribution >= 4 is 35.8 Å². The van der Waals surface area contributed by atoms with Crippen LogP contribution in [0.3, 0.4) is 0 Å². The van der Waals surface area contributed by atoms with Crippen LogP contribution in [0.25, 0.3) is 0 Å². The molecule has 0 aliphatic heterocycles. The van der Waals surface area contributed by atoms with Crippen molar-refractivity contribution in [2.75, 3.05) is 53.4 Å². The van der Waals surface area contributed by atoms with E-state index in [1.807, 2.05) is 13.8 Å². The summed E-state index contributed by atoms with van der Waals surface area (Å²) in [5.41, 5.74) is -2.00. The Morgan fingerprint density at radius 3 is 1.61 bits per heavy atom. The predicted molar refractivity (Wildman–Crippen MR) is 177 cm³/mol. The van der Waals surface area contributed by atoms with E-state index in [2.05, 4.69) is 0 Å². The Morgan fingerprint density at radius 1 is 0.612 bits per heavy atom. The quantitative estimate of drug-likeness (QED) is 0.0908. The maximum atomic E-state index is 13.0. The van der Waals surface area contributed by atoms with E-state index < -0.39 is 46.6 Å². The highest BCUT2D eigenvalue weighted by atomic mass is 16.6. The van der Waals surface area contributed by atoms with Crippen molar-refractivity contribution in [3.05, 3.63) is 35.4 Å². The Bertz CT molecular complexity index is 1250. The molecule has 1 rings (SSSR count). The topological polar surface area (TPSA) is 167 Å². The van der Waals surface area contributed by atoms with Gasteiger partial charge in [0.1, 0.15) is 33.0 Å². The third kappa shape index (κ3) is 13.1. The van der Waals surface area contributed by atoms with Crippen molar-refractivity contribution in [3.63, 3.8) is 0 Å². The molecule has 1 aromatic rings. The van der Waals surface area contributed by atoms with E-state index in [-0.39, 0.29) is 75.2 Å². The van der Waals surface area contributed by atoms with Crippen molar-refractivity contribution in [2.45, 2.75) is 74.7 Å². The molecule has 0 heterocycles. The van der Waals surface area contributed by atoms with E-state index in [0.29, 0.717) is 19.3 Å². The molecule has 13 nitrogen and oxygen atoms in total. The summed E-state index contributed by atoms with van der Waals surface area (Å²) in [6, 6.07) is 6.16. The van der Waals surface area contributed by atoms with Gasteiger partial charge in [0.05, 0.1) is 54.1 Å². The molecule has 0 saturated carbocycles. The molecular formula is C36H54O13. The Hall–Kier alpha value is -4.00. The smallest absolute Gasteiger partial charge is 0.339 e. The van der Waals surface area contributed by atoms with Gasteiger partial charge in [0.15, 0.2) is 0 Å². The number of hydrogen-bond donors (Lipinski definition) is 0. The summed E-state index contributed by atoms with van der Waals surface area (Å²) in [5.74, 6) is -4.76. The van der Waals surface area contributed by atoms with E-state index in [0.717, 1.165) is 0 Å². The van der Waals surface area contributed by atoms with Gasteiger partial charge in [-0.15, -0.1) is 0 Å². The van der Waals surface area contributed by atoms with Gasteiger partial charge in [-0.05, 0) is 58.6 Å². The fraction of sp³-hybridized carbons (Fsp3) is 0.667. The van der Waals surface area contributed by atoms with E-state index in [1.54, 1.807) is 53.7 Å². The fourth-order valence-corrected chi connectivity index (χ4v) is 4.90. The second-order valence-electron chi connectivity index (χ2n) is 12.7. The zero-order chi connectivity index (χ0) is 37.2. The zero-order valence-electron chi connectivity index (χ0n) is 30.4. The van der Waals surface area contributed by atoms with Gasteiger partial charge in [0.2, 0.25) is 0 Å². The molecule has 0 saturated heterocycles. The second-order valence-corrected chi connectivity index (χ2v) is 12.7. The maximum Gasteiger partial charge on any atom is 0.339 e. The number of carbonyl (C=O) groups excluding carboxylic acids is 6. The number of benzene rings is 1. The Balaban J connectivity index is 2.52. The molecule has 0 aromatic heterocycles. The van der Waals surface area contributed by atoms with E-state index in [1.165, 1.54) is 19.2 Å². The minimum Gasteiger partial charge on any atom is -0.465 e.